The topological polar surface area (TPSA) is 88.4 Å². The van der Waals surface area contributed by atoms with Crippen LogP contribution in [0.4, 0.5) is 0 Å². The fourth-order valence-electron chi connectivity index (χ4n) is 3.14. The summed E-state index contributed by atoms with van der Waals surface area (Å²) in [5.41, 5.74) is 5.37. The molecule has 2 rings (SSSR count). The maximum atomic E-state index is 11.4. The summed E-state index contributed by atoms with van der Waals surface area (Å²) in [5.74, 6) is 0.793. The highest BCUT2D eigenvalue weighted by atomic mass is 127. The highest BCUT2D eigenvalue weighted by Crippen LogP contribution is 2.14. The zero-order valence-corrected chi connectivity index (χ0v) is 21.1. The molecule has 9 heteroatoms. The van der Waals surface area contributed by atoms with Crippen LogP contribution in [-0.4, -0.2) is 43.5 Å². The van der Waals surface area contributed by atoms with Crippen LogP contribution in [-0.2, 0) is 35.6 Å². The molecular formula is C20H32IN5O2S. The van der Waals surface area contributed by atoms with Gasteiger partial charge in [0.1, 0.15) is 0 Å². The maximum absolute atomic E-state index is 11.4. The number of hydrogen-bond donors (Lipinski definition) is 2. The van der Waals surface area contributed by atoms with E-state index in [1.165, 1.54) is 17.5 Å². The second kappa shape index (κ2) is 11.0. The van der Waals surface area contributed by atoms with E-state index < -0.39 is 9.84 Å². The van der Waals surface area contributed by atoms with Crippen molar-refractivity contribution in [2.24, 2.45) is 12.0 Å². The molecule has 0 bridgehead atoms. The van der Waals surface area contributed by atoms with E-state index in [2.05, 4.69) is 34.6 Å². The van der Waals surface area contributed by atoms with Gasteiger partial charge in [-0.2, -0.15) is 5.10 Å². The first-order valence-corrected chi connectivity index (χ1v) is 11.4. The molecule has 0 spiro atoms. The van der Waals surface area contributed by atoms with Crippen molar-refractivity contribution in [3.8, 4) is 0 Å². The summed E-state index contributed by atoms with van der Waals surface area (Å²) in [6.45, 7) is 6.85. The lowest BCUT2D eigenvalue weighted by molar-refractivity contribution is 0.601. The lowest BCUT2D eigenvalue weighted by Crippen LogP contribution is -2.42. The minimum absolute atomic E-state index is 0. The molecule has 1 unspecified atom stereocenters. The molecule has 0 aliphatic carbocycles. The summed E-state index contributed by atoms with van der Waals surface area (Å²) < 4.78 is 24.7. The quantitative estimate of drug-likeness (QED) is 0.325. The molecule has 1 heterocycles. The summed E-state index contributed by atoms with van der Waals surface area (Å²) in [6.07, 6.45) is 2.11. The predicted octanol–water partition coefficient (Wildman–Crippen LogP) is 2.50. The van der Waals surface area contributed by atoms with Gasteiger partial charge in [0.05, 0.1) is 11.4 Å². The van der Waals surface area contributed by atoms with Crippen molar-refractivity contribution in [3.05, 3.63) is 52.3 Å². The van der Waals surface area contributed by atoms with Crippen LogP contribution in [0.25, 0.3) is 0 Å². The van der Waals surface area contributed by atoms with E-state index in [9.17, 15) is 8.42 Å². The molecule has 0 aliphatic rings. The largest absolute Gasteiger partial charge is 0.354 e. The maximum Gasteiger partial charge on any atom is 0.191 e. The SMILES string of the molecule is CN=C(NCc1ccc(CS(C)(=O)=O)cc1)NC(C)Cc1c(C)nn(C)c1C.I. The fourth-order valence-corrected chi connectivity index (χ4v) is 3.94. The number of hydrogen-bond acceptors (Lipinski definition) is 4. The van der Waals surface area contributed by atoms with Gasteiger partial charge < -0.3 is 10.6 Å². The first-order valence-electron chi connectivity index (χ1n) is 9.31. The minimum atomic E-state index is -3.01. The molecule has 2 N–H and O–H groups in total. The number of benzene rings is 1. The third-order valence-corrected chi connectivity index (χ3v) is 5.55. The summed E-state index contributed by atoms with van der Waals surface area (Å²) in [7, 11) is 0.697. The van der Waals surface area contributed by atoms with Gasteiger partial charge in [-0.05, 0) is 43.9 Å². The monoisotopic (exact) mass is 533 g/mol. The molecule has 29 heavy (non-hydrogen) atoms. The van der Waals surface area contributed by atoms with Gasteiger partial charge in [-0.1, -0.05) is 24.3 Å². The number of nitrogens with zero attached hydrogens (tertiary/aromatic N) is 3. The number of guanidine groups is 1. The van der Waals surface area contributed by atoms with Gasteiger partial charge in [-0.15, -0.1) is 24.0 Å². The van der Waals surface area contributed by atoms with E-state index >= 15 is 0 Å². The van der Waals surface area contributed by atoms with Crippen LogP contribution in [0.5, 0.6) is 0 Å². The molecule has 0 fully saturated rings. The van der Waals surface area contributed by atoms with Crippen molar-refractivity contribution in [2.75, 3.05) is 13.3 Å². The van der Waals surface area contributed by atoms with Gasteiger partial charge >= 0.3 is 0 Å². The van der Waals surface area contributed by atoms with Crippen molar-refractivity contribution in [3.63, 3.8) is 0 Å². The Hall–Kier alpha value is -1.62. The molecule has 0 saturated carbocycles. The lowest BCUT2D eigenvalue weighted by Gasteiger charge is -2.18. The van der Waals surface area contributed by atoms with Crippen molar-refractivity contribution in [1.82, 2.24) is 20.4 Å². The van der Waals surface area contributed by atoms with Crippen molar-refractivity contribution < 1.29 is 8.42 Å². The highest BCUT2D eigenvalue weighted by molar-refractivity contribution is 14.0. The normalized spacial score (nSPS) is 13.0. The fraction of sp³-hybridized carbons (Fsp3) is 0.500. The van der Waals surface area contributed by atoms with E-state index in [1.54, 1.807) is 7.05 Å². The van der Waals surface area contributed by atoms with Crippen LogP contribution in [0, 0.1) is 13.8 Å². The number of sulfone groups is 1. The highest BCUT2D eigenvalue weighted by Gasteiger charge is 2.14. The van der Waals surface area contributed by atoms with E-state index in [0.29, 0.717) is 6.54 Å². The van der Waals surface area contributed by atoms with E-state index in [4.69, 9.17) is 0 Å². The number of nitrogens with one attached hydrogen (secondary N) is 2. The van der Waals surface area contributed by atoms with Crippen LogP contribution in [0.1, 0.15) is 35.0 Å². The number of aromatic nitrogens is 2. The van der Waals surface area contributed by atoms with Crippen molar-refractivity contribution in [2.45, 2.75) is 45.5 Å². The molecule has 1 atom stereocenters. The number of halogens is 1. The summed E-state index contributed by atoms with van der Waals surface area (Å²) >= 11 is 0. The van der Waals surface area contributed by atoms with Crippen LogP contribution >= 0.6 is 24.0 Å². The lowest BCUT2D eigenvalue weighted by atomic mass is 10.1. The Bertz CT molecular complexity index is 937. The standard InChI is InChI=1S/C20H31N5O2S.HI/c1-14(11-19-15(2)24-25(5)16(19)3)23-20(21-4)22-12-17-7-9-18(10-8-17)13-28(6,26)27;/h7-10,14H,11-13H2,1-6H3,(H2,21,22,23);1H. The molecule has 2 aromatic rings. The molecule has 1 aromatic heterocycles. The average molecular weight is 533 g/mol. The van der Waals surface area contributed by atoms with Crippen LogP contribution < -0.4 is 10.6 Å². The number of aliphatic imine (C=N–C) groups is 1. The Morgan fingerprint density at radius 3 is 2.28 bits per heavy atom. The minimum Gasteiger partial charge on any atom is -0.354 e. The van der Waals surface area contributed by atoms with Gasteiger partial charge in [-0.3, -0.25) is 9.67 Å². The molecule has 162 valence electrons. The Labute approximate surface area is 191 Å². The van der Waals surface area contributed by atoms with Gasteiger partial charge in [0.2, 0.25) is 0 Å². The first-order chi connectivity index (χ1) is 13.1. The predicted molar refractivity (Wildman–Crippen MR) is 130 cm³/mol. The van der Waals surface area contributed by atoms with Crippen molar-refractivity contribution in [1.29, 1.82) is 0 Å². The van der Waals surface area contributed by atoms with E-state index in [-0.39, 0.29) is 35.8 Å². The third-order valence-electron chi connectivity index (χ3n) is 4.69. The Kier molecular flexibility index (Phi) is 9.60. The molecule has 0 amide bonds. The Balaban J connectivity index is 0.00000420. The van der Waals surface area contributed by atoms with Gasteiger partial charge in [0.25, 0.3) is 0 Å². The van der Waals surface area contributed by atoms with E-state index in [0.717, 1.165) is 29.2 Å². The second-order valence-corrected chi connectivity index (χ2v) is 9.48. The molecule has 0 aliphatic heterocycles. The molecular weight excluding hydrogens is 501 g/mol. The Morgan fingerprint density at radius 2 is 1.79 bits per heavy atom. The van der Waals surface area contributed by atoms with Crippen LogP contribution in [0.15, 0.2) is 29.3 Å². The molecule has 0 radical (unpaired) electrons. The smallest absolute Gasteiger partial charge is 0.191 e. The zero-order valence-electron chi connectivity index (χ0n) is 18.0. The van der Waals surface area contributed by atoms with Crippen LogP contribution in [0.2, 0.25) is 0 Å². The third kappa shape index (κ3) is 7.96. The number of aryl methyl sites for hydroxylation is 2. The first kappa shape index (κ1) is 25.4. The summed E-state index contributed by atoms with van der Waals surface area (Å²) in [5, 5.41) is 11.2. The van der Waals surface area contributed by atoms with Crippen LogP contribution in [0.3, 0.4) is 0 Å². The average Bonchev–Trinajstić information content (AvgIpc) is 2.84. The van der Waals surface area contributed by atoms with Crippen molar-refractivity contribution >= 4 is 39.8 Å². The molecule has 7 nitrogen and oxygen atoms in total. The van der Waals surface area contributed by atoms with Gasteiger partial charge in [-0.25, -0.2) is 8.42 Å². The molecule has 0 saturated heterocycles. The number of rotatable bonds is 7. The van der Waals surface area contributed by atoms with Gasteiger partial charge in [0.15, 0.2) is 15.8 Å². The second-order valence-electron chi connectivity index (χ2n) is 7.33. The molecule has 1 aromatic carbocycles. The van der Waals surface area contributed by atoms with Gasteiger partial charge in [0, 0.05) is 38.6 Å². The zero-order chi connectivity index (χ0) is 20.9. The summed E-state index contributed by atoms with van der Waals surface area (Å²) in [6, 6.07) is 7.78. The Morgan fingerprint density at radius 1 is 1.21 bits per heavy atom. The van der Waals surface area contributed by atoms with E-state index in [1.807, 2.05) is 42.9 Å². The summed E-state index contributed by atoms with van der Waals surface area (Å²) in [4.78, 5) is 4.30.